The summed E-state index contributed by atoms with van der Waals surface area (Å²) in [5.74, 6) is 1.69. The predicted octanol–water partition coefficient (Wildman–Crippen LogP) is 3.71. The number of oxazole rings is 2. The number of likely N-dealkylation sites (tertiary alicyclic amines) is 1. The highest BCUT2D eigenvalue weighted by atomic mass is 16.4. The number of benzene rings is 1. The van der Waals surface area contributed by atoms with E-state index in [4.69, 9.17) is 8.83 Å². The first-order valence-corrected chi connectivity index (χ1v) is 8.76. The van der Waals surface area contributed by atoms with Crippen LogP contribution in [0.2, 0.25) is 0 Å². The first-order chi connectivity index (χ1) is 12.2. The highest BCUT2D eigenvalue weighted by Gasteiger charge is 2.31. The van der Waals surface area contributed by atoms with Gasteiger partial charge >= 0.3 is 0 Å². The summed E-state index contributed by atoms with van der Waals surface area (Å²) < 4.78 is 11.5. The lowest BCUT2D eigenvalue weighted by atomic mass is 9.97. The Labute approximate surface area is 145 Å². The van der Waals surface area contributed by atoms with E-state index in [9.17, 15) is 4.79 Å². The van der Waals surface area contributed by atoms with Crippen LogP contribution in [0.4, 0.5) is 0 Å². The first-order valence-electron chi connectivity index (χ1n) is 8.76. The molecule has 25 heavy (non-hydrogen) atoms. The molecule has 4 rings (SSSR count). The number of carbonyl (C=O) groups is 1. The summed E-state index contributed by atoms with van der Waals surface area (Å²) in [7, 11) is 0. The number of piperidine rings is 1. The van der Waals surface area contributed by atoms with E-state index in [-0.39, 0.29) is 11.8 Å². The molecule has 1 saturated heterocycles. The van der Waals surface area contributed by atoms with Gasteiger partial charge in [-0.05, 0) is 31.9 Å². The minimum absolute atomic E-state index is 0.0921. The average Bonchev–Trinajstić information content (AvgIpc) is 3.24. The summed E-state index contributed by atoms with van der Waals surface area (Å²) >= 11 is 0. The predicted molar refractivity (Wildman–Crippen MR) is 92.5 cm³/mol. The molecule has 1 aliphatic rings. The van der Waals surface area contributed by atoms with Crippen LogP contribution in [0.15, 0.2) is 33.1 Å². The van der Waals surface area contributed by atoms with Crippen molar-refractivity contribution < 1.29 is 13.6 Å². The average molecular weight is 339 g/mol. The number of nitrogens with zero attached hydrogens (tertiary/aromatic N) is 3. The molecule has 130 valence electrons. The quantitative estimate of drug-likeness (QED) is 0.727. The zero-order valence-corrected chi connectivity index (χ0v) is 14.5. The smallest absolute Gasteiger partial charge is 0.291 e. The monoisotopic (exact) mass is 339 g/mol. The maximum atomic E-state index is 12.8. The highest BCUT2D eigenvalue weighted by Crippen LogP contribution is 2.30. The highest BCUT2D eigenvalue weighted by molar-refractivity contribution is 5.92. The number of hydrogen-bond donors (Lipinski definition) is 0. The van der Waals surface area contributed by atoms with Crippen molar-refractivity contribution in [2.45, 2.75) is 39.0 Å². The van der Waals surface area contributed by atoms with Crippen molar-refractivity contribution in [2.24, 2.45) is 0 Å². The molecule has 1 aliphatic heterocycles. The van der Waals surface area contributed by atoms with E-state index in [0.29, 0.717) is 36.2 Å². The van der Waals surface area contributed by atoms with Gasteiger partial charge in [0.15, 0.2) is 17.4 Å². The number of amides is 1. The number of fused-ring (bicyclic) bond motifs is 1. The molecule has 1 atom stereocenters. The van der Waals surface area contributed by atoms with E-state index in [2.05, 4.69) is 9.97 Å². The van der Waals surface area contributed by atoms with E-state index in [1.807, 2.05) is 43.0 Å². The van der Waals surface area contributed by atoms with Gasteiger partial charge in [-0.15, -0.1) is 0 Å². The summed E-state index contributed by atoms with van der Waals surface area (Å²) in [6.07, 6.45) is 2.56. The third-order valence-electron chi connectivity index (χ3n) is 4.71. The maximum Gasteiger partial charge on any atom is 0.291 e. The van der Waals surface area contributed by atoms with Gasteiger partial charge in [-0.25, -0.2) is 9.97 Å². The van der Waals surface area contributed by atoms with E-state index in [1.165, 1.54) is 0 Å². The fourth-order valence-electron chi connectivity index (χ4n) is 3.37. The van der Waals surface area contributed by atoms with Crippen LogP contribution in [0, 0.1) is 6.92 Å². The molecule has 0 radical (unpaired) electrons. The second-order valence-electron chi connectivity index (χ2n) is 6.49. The van der Waals surface area contributed by atoms with Crippen molar-refractivity contribution >= 4 is 17.0 Å². The second-order valence-corrected chi connectivity index (χ2v) is 6.49. The SMILES string of the molecule is CCc1nc(C)c(C(=O)N2CCC[C@H](c3nc4ccccc4o3)C2)o1. The van der Waals surface area contributed by atoms with Crippen molar-refractivity contribution in [3.63, 3.8) is 0 Å². The van der Waals surface area contributed by atoms with Gasteiger partial charge in [0.1, 0.15) is 5.52 Å². The molecule has 0 aliphatic carbocycles. The Morgan fingerprint density at radius 2 is 2.12 bits per heavy atom. The number of rotatable bonds is 3. The molecule has 1 amide bonds. The molecule has 3 aromatic rings. The van der Waals surface area contributed by atoms with Gasteiger partial charge < -0.3 is 13.7 Å². The summed E-state index contributed by atoms with van der Waals surface area (Å²) in [5, 5.41) is 0. The van der Waals surface area contributed by atoms with E-state index in [1.54, 1.807) is 0 Å². The first kappa shape index (κ1) is 15.9. The summed E-state index contributed by atoms with van der Waals surface area (Å²) in [6, 6.07) is 7.75. The molecule has 0 bridgehead atoms. The van der Waals surface area contributed by atoms with Crippen molar-refractivity contribution in [1.82, 2.24) is 14.9 Å². The maximum absolute atomic E-state index is 12.8. The molecule has 1 aromatic carbocycles. The molecule has 6 heteroatoms. The Hall–Kier alpha value is -2.63. The normalized spacial score (nSPS) is 18.0. The van der Waals surface area contributed by atoms with E-state index in [0.717, 1.165) is 30.5 Å². The van der Waals surface area contributed by atoms with Gasteiger partial charge in [-0.3, -0.25) is 4.79 Å². The Morgan fingerprint density at radius 3 is 2.88 bits per heavy atom. The Morgan fingerprint density at radius 1 is 1.28 bits per heavy atom. The minimum Gasteiger partial charge on any atom is -0.440 e. The van der Waals surface area contributed by atoms with Gasteiger partial charge in [0, 0.05) is 19.5 Å². The van der Waals surface area contributed by atoms with Gasteiger partial charge in [-0.1, -0.05) is 19.1 Å². The molecule has 2 aromatic heterocycles. The molecule has 0 saturated carbocycles. The number of carbonyl (C=O) groups excluding carboxylic acids is 1. The van der Waals surface area contributed by atoms with Crippen LogP contribution in [0.5, 0.6) is 0 Å². The van der Waals surface area contributed by atoms with Crippen molar-refractivity contribution in [2.75, 3.05) is 13.1 Å². The Bertz CT molecular complexity index is 879. The molecule has 1 fully saturated rings. The van der Waals surface area contributed by atoms with Crippen LogP contribution in [0.1, 0.15) is 53.7 Å². The molecule has 0 unspecified atom stereocenters. The van der Waals surface area contributed by atoms with Crippen molar-refractivity contribution in [3.8, 4) is 0 Å². The molecule has 0 N–H and O–H groups in total. The van der Waals surface area contributed by atoms with Crippen LogP contribution < -0.4 is 0 Å². The minimum atomic E-state index is -0.0921. The molecule has 6 nitrogen and oxygen atoms in total. The van der Waals surface area contributed by atoms with Gasteiger partial charge in [0.05, 0.1) is 11.6 Å². The lowest BCUT2D eigenvalue weighted by Gasteiger charge is -2.30. The zero-order valence-electron chi connectivity index (χ0n) is 14.5. The lowest BCUT2D eigenvalue weighted by Crippen LogP contribution is -2.39. The number of para-hydroxylation sites is 2. The van der Waals surface area contributed by atoms with Gasteiger partial charge in [-0.2, -0.15) is 0 Å². The van der Waals surface area contributed by atoms with Crippen molar-refractivity contribution in [1.29, 1.82) is 0 Å². The summed E-state index contributed by atoms with van der Waals surface area (Å²) in [5.41, 5.74) is 2.31. The van der Waals surface area contributed by atoms with Gasteiger partial charge in [0.25, 0.3) is 5.91 Å². The van der Waals surface area contributed by atoms with Crippen LogP contribution in [0.3, 0.4) is 0 Å². The Kier molecular flexibility index (Phi) is 4.03. The molecule has 3 heterocycles. The zero-order chi connectivity index (χ0) is 17.4. The molecular weight excluding hydrogens is 318 g/mol. The van der Waals surface area contributed by atoms with Crippen LogP contribution in [-0.4, -0.2) is 33.9 Å². The molecular formula is C19H21N3O3. The van der Waals surface area contributed by atoms with Crippen molar-refractivity contribution in [3.05, 3.63) is 47.5 Å². The van der Waals surface area contributed by atoms with Crippen LogP contribution in [0.25, 0.3) is 11.1 Å². The fraction of sp³-hybridized carbons (Fsp3) is 0.421. The van der Waals surface area contributed by atoms with Gasteiger partial charge in [0.2, 0.25) is 5.76 Å². The largest absolute Gasteiger partial charge is 0.440 e. The fourth-order valence-corrected chi connectivity index (χ4v) is 3.37. The van der Waals surface area contributed by atoms with E-state index >= 15 is 0 Å². The number of aryl methyl sites for hydroxylation is 2. The third kappa shape index (κ3) is 2.92. The second kappa shape index (κ2) is 6.35. The van der Waals surface area contributed by atoms with Crippen LogP contribution >= 0.6 is 0 Å². The Balaban J connectivity index is 1.55. The third-order valence-corrected chi connectivity index (χ3v) is 4.71. The summed E-state index contributed by atoms with van der Waals surface area (Å²) in [4.78, 5) is 23.6. The lowest BCUT2D eigenvalue weighted by molar-refractivity contribution is 0.0664. The number of hydrogen-bond acceptors (Lipinski definition) is 5. The van der Waals surface area contributed by atoms with Crippen LogP contribution in [-0.2, 0) is 6.42 Å². The van der Waals surface area contributed by atoms with E-state index < -0.39 is 0 Å². The number of aromatic nitrogens is 2. The summed E-state index contributed by atoms with van der Waals surface area (Å²) in [6.45, 7) is 5.09. The standard InChI is InChI=1S/C19H21N3O3/c1-3-16-20-12(2)17(25-16)19(23)22-10-6-7-13(11-22)18-21-14-8-4-5-9-15(14)24-18/h4-5,8-9,13H,3,6-7,10-11H2,1-2H3/t13-/m0/s1. The topological polar surface area (TPSA) is 72.4 Å². The molecule has 0 spiro atoms.